The molecule has 0 aliphatic carbocycles. The molecule has 0 spiro atoms. The second-order valence-electron chi connectivity index (χ2n) is 6.55. The van der Waals surface area contributed by atoms with Crippen molar-refractivity contribution < 1.29 is 27.4 Å². The number of ether oxygens (including phenoxy) is 2. The van der Waals surface area contributed by atoms with E-state index in [0.29, 0.717) is 21.2 Å². The average Bonchev–Trinajstić information content (AvgIpc) is 3.28. The number of fused-ring (bicyclic) bond motifs is 1. The summed E-state index contributed by atoms with van der Waals surface area (Å²) in [6.07, 6.45) is -2.92. The van der Waals surface area contributed by atoms with Gasteiger partial charge >= 0.3 is 6.36 Å². The van der Waals surface area contributed by atoms with E-state index < -0.39 is 6.36 Å². The van der Waals surface area contributed by atoms with Crippen LogP contribution in [-0.4, -0.2) is 28.8 Å². The number of imidazole rings is 1. The number of nitrogens with one attached hydrogen (secondary N) is 1. The second kappa shape index (κ2) is 7.95. The van der Waals surface area contributed by atoms with Gasteiger partial charge in [-0.25, -0.2) is 4.98 Å². The number of carbonyl (C=O) groups is 1. The van der Waals surface area contributed by atoms with Gasteiger partial charge in [-0.1, -0.05) is 11.3 Å². The standard InChI is InChI=1S/C21H16F3N3O3S/c1-12-18(19(28)25-14-5-9-16(10-6-14)30-21(22,23)24)31-20-26-17(11-27(12)20)13-3-7-15(29-2)8-4-13/h3-11H,1-2H3,(H,25,28). The summed E-state index contributed by atoms with van der Waals surface area (Å²) in [5.41, 5.74) is 2.75. The van der Waals surface area contributed by atoms with Crippen LogP contribution in [0.4, 0.5) is 18.9 Å². The van der Waals surface area contributed by atoms with Crippen molar-refractivity contribution in [1.29, 1.82) is 0 Å². The first-order valence-electron chi connectivity index (χ1n) is 9.03. The number of nitrogens with zero attached hydrogens (tertiary/aromatic N) is 2. The summed E-state index contributed by atoms with van der Waals surface area (Å²) in [6, 6.07) is 12.5. The number of hydrogen-bond donors (Lipinski definition) is 1. The molecule has 1 N–H and O–H groups in total. The number of alkyl halides is 3. The Kier molecular flexibility index (Phi) is 5.32. The number of rotatable bonds is 5. The first kappa shape index (κ1) is 20.7. The number of aryl methyl sites for hydroxylation is 1. The summed E-state index contributed by atoms with van der Waals surface area (Å²) >= 11 is 1.23. The van der Waals surface area contributed by atoms with Gasteiger partial charge in [0.1, 0.15) is 16.4 Å². The average molecular weight is 447 g/mol. The molecule has 2 aromatic heterocycles. The van der Waals surface area contributed by atoms with Crippen LogP contribution in [0.2, 0.25) is 0 Å². The summed E-state index contributed by atoms with van der Waals surface area (Å²) in [7, 11) is 1.60. The molecule has 0 aliphatic heterocycles. The van der Waals surface area contributed by atoms with E-state index in [2.05, 4.69) is 15.0 Å². The minimum absolute atomic E-state index is 0.351. The molecule has 0 saturated carbocycles. The lowest BCUT2D eigenvalue weighted by molar-refractivity contribution is -0.274. The number of hydrogen-bond acceptors (Lipinski definition) is 5. The number of anilines is 1. The van der Waals surface area contributed by atoms with E-state index in [9.17, 15) is 18.0 Å². The van der Waals surface area contributed by atoms with Gasteiger partial charge in [0.2, 0.25) is 0 Å². The van der Waals surface area contributed by atoms with Gasteiger partial charge in [0.05, 0.1) is 12.8 Å². The molecule has 0 bridgehead atoms. The van der Waals surface area contributed by atoms with Crippen LogP contribution in [-0.2, 0) is 0 Å². The van der Waals surface area contributed by atoms with Crippen LogP contribution >= 0.6 is 11.3 Å². The molecule has 160 valence electrons. The fraction of sp³-hybridized carbons (Fsp3) is 0.143. The zero-order valence-corrected chi connectivity index (χ0v) is 17.2. The lowest BCUT2D eigenvalue weighted by atomic mass is 10.2. The fourth-order valence-electron chi connectivity index (χ4n) is 2.99. The molecule has 31 heavy (non-hydrogen) atoms. The lowest BCUT2D eigenvalue weighted by Crippen LogP contribution is -2.17. The first-order valence-corrected chi connectivity index (χ1v) is 9.85. The Morgan fingerprint density at radius 1 is 1.06 bits per heavy atom. The maximum atomic E-state index is 12.7. The van der Waals surface area contributed by atoms with Gasteiger partial charge in [-0.3, -0.25) is 9.20 Å². The molecule has 4 rings (SSSR count). The Hall–Kier alpha value is -3.53. The van der Waals surface area contributed by atoms with Crippen LogP contribution in [0.3, 0.4) is 0 Å². The van der Waals surface area contributed by atoms with Crippen molar-refractivity contribution >= 4 is 27.9 Å². The van der Waals surface area contributed by atoms with Crippen LogP contribution in [0.25, 0.3) is 16.2 Å². The normalized spacial score (nSPS) is 11.5. The monoisotopic (exact) mass is 447 g/mol. The fourth-order valence-corrected chi connectivity index (χ4v) is 3.99. The van der Waals surface area contributed by atoms with Crippen molar-refractivity contribution in [2.45, 2.75) is 13.3 Å². The maximum absolute atomic E-state index is 12.7. The molecular formula is C21H16F3N3O3S. The summed E-state index contributed by atoms with van der Waals surface area (Å²) in [5.74, 6) is 0.0173. The highest BCUT2D eigenvalue weighted by atomic mass is 32.1. The van der Waals surface area contributed by atoms with E-state index in [-0.39, 0.29) is 11.7 Å². The van der Waals surface area contributed by atoms with E-state index >= 15 is 0 Å². The summed E-state index contributed by atoms with van der Waals surface area (Å²) in [5, 5.41) is 2.68. The summed E-state index contributed by atoms with van der Waals surface area (Å²) in [4.78, 5) is 18.4. The number of aromatic nitrogens is 2. The van der Waals surface area contributed by atoms with Crippen molar-refractivity contribution in [2.24, 2.45) is 0 Å². The largest absolute Gasteiger partial charge is 0.573 e. The quantitative estimate of drug-likeness (QED) is 0.437. The molecule has 0 atom stereocenters. The second-order valence-corrected chi connectivity index (χ2v) is 7.53. The zero-order valence-electron chi connectivity index (χ0n) is 16.4. The van der Waals surface area contributed by atoms with Crippen LogP contribution < -0.4 is 14.8 Å². The molecular weight excluding hydrogens is 431 g/mol. The van der Waals surface area contributed by atoms with E-state index in [1.165, 1.54) is 23.5 Å². The molecule has 0 fully saturated rings. The summed E-state index contributed by atoms with van der Waals surface area (Å²) < 4.78 is 47.6. The third-order valence-electron chi connectivity index (χ3n) is 4.49. The molecule has 0 saturated heterocycles. The molecule has 4 aromatic rings. The minimum Gasteiger partial charge on any atom is -0.497 e. The Bertz CT molecular complexity index is 1230. The predicted molar refractivity (Wildman–Crippen MR) is 111 cm³/mol. The molecule has 0 aliphatic rings. The van der Waals surface area contributed by atoms with Crippen LogP contribution in [0.15, 0.2) is 54.7 Å². The summed E-state index contributed by atoms with van der Waals surface area (Å²) in [6.45, 7) is 1.80. The SMILES string of the molecule is COc1ccc(-c2cn3c(C)c(C(=O)Nc4ccc(OC(F)(F)F)cc4)sc3n2)cc1. The zero-order chi connectivity index (χ0) is 22.2. The van der Waals surface area contributed by atoms with Gasteiger partial charge in [0, 0.05) is 23.1 Å². The maximum Gasteiger partial charge on any atom is 0.573 e. The smallest absolute Gasteiger partial charge is 0.497 e. The molecule has 0 radical (unpaired) electrons. The van der Waals surface area contributed by atoms with Crippen LogP contribution in [0.5, 0.6) is 11.5 Å². The van der Waals surface area contributed by atoms with Gasteiger partial charge in [-0.05, 0) is 55.5 Å². The van der Waals surface area contributed by atoms with Gasteiger partial charge in [0.25, 0.3) is 5.91 Å². The van der Waals surface area contributed by atoms with Gasteiger partial charge in [0.15, 0.2) is 4.96 Å². The number of methoxy groups -OCH3 is 1. The number of halogens is 3. The molecule has 2 aromatic carbocycles. The van der Waals surface area contributed by atoms with Crippen LogP contribution in [0.1, 0.15) is 15.4 Å². The topological polar surface area (TPSA) is 64.9 Å². The highest BCUT2D eigenvalue weighted by Crippen LogP contribution is 2.29. The number of thiazole rings is 1. The van der Waals surface area contributed by atoms with Gasteiger partial charge in [-0.2, -0.15) is 0 Å². The number of carbonyl (C=O) groups excluding carboxylic acids is 1. The van der Waals surface area contributed by atoms with E-state index in [0.717, 1.165) is 29.1 Å². The van der Waals surface area contributed by atoms with Gasteiger partial charge < -0.3 is 14.8 Å². The van der Waals surface area contributed by atoms with E-state index in [1.807, 2.05) is 34.9 Å². The minimum atomic E-state index is -4.77. The number of amides is 1. The van der Waals surface area contributed by atoms with Crippen molar-refractivity contribution in [3.8, 4) is 22.8 Å². The third-order valence-corrected chi connectivity index (χ3v) is 5.65. The molecule has 1 amide bonds. The van der Waals surface area contributed by atoms with Crippen molar-refractivity contribution in [2.75, 3.05) is 12.4 Å². The number of benzene rings is 2. The highest BCUT2D eigenvalue weighted by molar-refractivity contribution is 7.19. The van der Waals surface area contributed by atoms with E-state index in [1.54, 1.807) is 14.0 Å². The van der Waals surface area contributed by atoms with E-state index in [4.69, 9.17) is 4.74 Å². The molecule has 6 nitrogen and oxygen atoms in total. The lowest BCUT2D eigenvalue weighted by Gasteiger charge is -2.09. The van der Waals surface area contributed by atoms with Crippen LogP contribution in [0, 0.1) is 6.92 Å². The van der Waals surface area contributed by atoms with Gasteiger partial charge in [-0.15, -0.1) is 13.2 Å². The van der Waals surface area contributed by atoms with Crippen molar-refractivity contribution in [3.05, 3.63) is 65.3 Å². The molecule has 2 heterocycles. The van der Waals surface area contributed by atoms with Crippen molar-refractivity contribution in [1.82, 2.24) is 9.38 Å². The molecule has 10 heteroatoms. The van der Waals surface area contributed by atoms with Crippen molar-refractivity contribution in [3.63, 3.8) is 0 Å². The Morgan fingerprint density at radius 3 is 2.29 bits per heavy atom. The third kappa shape index (κ3) is 4.48. The Morgan fingerprint density at radius 2 is 1.71 bits per heavy atom. The highest BCUT2D eigenvalue weighted by Gasteiger charge is 2.31. The Labute approximate surface area is 178 Å². The first-order chi connectivity index (χ1) is 14.7. The predicted octanol–water partition coefficient (Wildman–Crippen LogP) is 5.53. The Balaban J connectivity index is 1.52. The molecule has 0 unspecified atom stereocenters.